The highest BCUT2D eigenvalue weighted by molar-refractivity contribution is 8.01. The second kappa shape index (κ2) is 8.36. The fourth-order valence-corrected chi connectivity index (χ4v) is 5.15. The molecular weight excluding hydrogens is 398 g/mol. The van der Waals surface area contributed by atoms with E-state index in [-0.39, 0.29) is 23.3 Å². The van der Waals surface area contributed by atoms with E-state index in [2.05, 4.69) is 22.5 Å². The number of ether oxygens (including phenoxy) is 2. The van der Waals surface area contributed by atoms with Gasteiger partial charge in [-0.2, -0.15) is 0 Å². The monoisotopic (exact) mass is 421 g/mol. The minimum atomic E-state index is -0.0479. The number of anilines is 1. The Morgan fingerprint density at radius 3 is 2.89 bits per heavy atom. The van der Waals surface area contributed by atoms with Crippen molar-refractivity contribution >= 4 is 50.8 Å². The summed E-state index contributed by atoms with van der Waals surface area (Å²) in [5, 5.41) is 5.94. The molecule has 28 heavy (non-hydrogen) atoms. The highest BCUT2D eigenvalue weighted by Gasteiger charge is 2.35. The second-order valence-corrected chi connectivity index (χ2v) is 9.86. The second-order valence-electron chi connectivity index (χ2n) is 7.61. The molecule has 2 aromatic rings. The number of hydrogen-bond donors (Lipinski definition) is 2. The van der Waals surface area contributed by atoms with E-state index in [1.54, 1.807) is 0 Å². The number of rotatable bonds is 7. The number of aromatic nitrogens is 1. The van der Waals surface area contributed by atoms with Crippen molar-refractivity contribution in [3.8, 4) is 0 Å². The third-order valence-electron chi connectivity index (χ3n) is 4.76. The molecule has 7 nitrogen and oxygen atoms in total. The van der Waals surface area contributed by atoms with Crippen LogP contribution in [-0.2, 0) is 19.1 Å². The number of fused-ring (bicyclic) bond motifs is 1. The Morgan fingerprint density at radius 2 is 2.18 bits per heavy atom. The lowest BCUT2D eigenvalue weighted by Crippen LogP contribution is -2.42. The van der Waals surface area contributed by atoms with E-state index >= 15 is 0 Å². The van der Waals surface area contributed by atoms with Gasteiger partial charge in [-0.05, 0) is 24.6 Å². The van der Waals surface area contributed by atoms with E-state index in [0.717, 1.165) is 26.7 Å². The minimum Gasteiger partial charge on any atom is -0.380 e. The van der Waals surface area contributed by atoms with Crippen LogP contribution in [0.25, 0.3) is 10.2 Å². The predicted octanol–water partition coefficient (Wildman–Crippen LogP) is 2.66. The summed E-state index contributed by atoms with van der Waals surface area (Å²) in [6.45, 7) is 4.63. The third-order valence-corrected chi connectivity index (χ3v) is 6.92. The van der Waals surface area contributed by atoms with Crippen LogP contribution in [0, 0.1) is 5.41 Å². The molecule has 150 valence electrons. The van der Waals surface area contributed by atoms with E-state index < -0.39 is 0 Å². The number of hydrogen-bond acceptors (Lipinski definition) is 7. The van der Waals surface area contributed by atoms with E-state index in [4.69, 9.17) is 9.47 Å². The molecule has 0 spiro atoms. The summed E-state index contributed by atoms with van der Waals surface area (Å²) in [5.41, 5.74) is 1.59. The van der Waals surface area contributed by atoms with Crippen molar-refractivity contribution in [2.24, 2.45) is 5.41 Å². The van der Waals surface area contributed by atoms with Crippen LogP contribution in [0.4, 0.5) is 5.69 Å². The molecule has 2 aliphatic rings. The summed E-state index contributed by atoms with van der Waals surface area (Å²) in [7, 11) is 0. The Hall–Kier alpha value is -1.68. The Balaban J connectivity index is 1.32. The summed E-state index contributed by atoms with van der Waals surface area (Å²) in [6.07, 6.45) is 1.33. The van der Waals surface area contributed by atoms with Crippen molar-refractivity contribution in [3.05, 3.63) is 18.2 Å². The van der Waals surface area contributed by atoms with Gasteiger partial charge in [0.1, 0.15) is 0 Å². The summed E-state index contributed by atoms with van der Waals surface area (Å²) in [4.78, 5) is 28.9. The molecule has 2 aliphatic heterocycles. The molecule has 3 heterocycles. The number of benzene rings is 1. The van der Waals surface area contributed by atoms with E-state index in [9.17, 15) is 9.59 Å². The van der Waals surface area contributed by atoms with E-state index in [1.807, 2.05) is 18.2 Å². The lowest BCUT2D eigenvalue weighted by Gasteiger charge is -2.37. The number of thiazole rings is 1. The van der Waals surface area contributed by atoms with Crippen LogP contribution in [0.15, 0.2) is 22.5 Å². The van der Waals surface area contributed by atoms with Gasteiger partial charge >= 0.3 is 0 Å². The van der Waals surface area contributed by atoms with Gasteiger partial charge < -0.3 is 20.1 Å². The van der Waals surface area contributed by atoms with Crippen molar-refractivity contribution in [2.75, 3.05) is 37.5 Å². The fourth-order valence-electron chi connectivity index (χ4n) is 3.23. The van der Waals surface area contributed by atoms with Crippen LogP contribution in [-0.4, -0.2) is 55.0 Å². The van der Waals surface area contributed by atoms with Gasteiger partial charge in [0.05, 0.1) is 41.8 Å². The van der Waals surface area contributed by atoms with Gasteiger partial charge in [-0.25, -0.2) is 4.98 Å². The van der Waals surface area contributed by atoms with Gasteiger partial charge in [-0.1, -0.05) is 18.7 Å². The zero-order valence-corrected chi connectivity index (χ0v) is 17.3. The minimum absolute atomic E-state index is 0.00109. The number of carbonyl (C=O) groups is 2. The van der Waals surface area contributed by atoms with E-state index in [0.29, 0.717) is 38.6 Å². The highest BCUT2D eigenvalue weighted by atomic mass is 32.2. The smallest absolute Gasteiger partial charge is 0.230 e. The van der Waals surface area contributed by atoms with Gasteiger partial charge in [0.15, 0.2) is 4.34 Å². The van der Waals surface area contributed by atoms with Crippen molar-refractivity contribution in [1.82, 2.24) is 10.3 Å². The average molecular weight is 422 g/mol. The van der Waals surface area contributed by atoms with Crippen LogP contribution >= 0.6 is 23.1 Å². The maximum absolute atomic E-state index is 12.2. The van der Waals surface area contributed by atoms with Crippen molar-refractivity contribution in [1.29, 1.82) is 0 Å². The number of carbonyl (C=O) groups excluding carboxylic acids is 2. The van der Waals surface area contributed by atoms with Crippen molar-refractivity contribution in [2.45, 2.75) is 30.1 Å². The van der Waals surface area contributed by atoms with Crippen LogP contribution < -0.4 is 10.6 Å². The summed E-state index contributed by atoms with van der Waals surface area (Å²) in [5.74, 6) is 0.332. The molecule has 2 N–H and O–H groups in total. The topological polar surface area (TPSA) is 89.6 Å². The van der Waals surface area contributed by atoms with Gasteiger partial charge in [0.2, 0.25) is 11.8 Å². The predicted molar refractivity (Wildman–Crippen MR) is 110 cm³/mol. The first kappa shape index (κ1) is 19.6. The molecule has 2 amide bonds. The first-order chi connectivity index (χ1) is 13.5. The molecule has 1 unspecified atom stereocenters. The Bertz CT molecular complexity index is 875. The number of amides is 2. The molecule has 0 radical (unpaired) electrons. The molecule has 0 saturated carbocycles. The summed E-state index contributed by atoms with van der Waals surface area (Å²) < 4.78 is 12.3. The first-order valence-corrected chi connectivity index (χ1v) is 11.1. The fraction of sp³-hybridized carbons (Fsp3) is 0.526. The summed E-state index contributed by atoms with van der Waals surface area (Å²) in [6, 6.07) is 5.82. The Labute approximate surface area is 171 Å². The number of thioether (sulfide) groups is 1. The van der Waals surface area contributed by atoms with Crippen molar-refractivity contribution < 1.29 is 19.1 Å². The quantitative estimate of drug-likeness (QED) is 0.668. The largest absolute Gasteiger partial charge is 0.380 e. The number of nitrogens with one attached hydrogen (secondary N) is 2. The van der Waals surface area contributed by atoms with Crippen LogP contribution in [0.1, 0.15) is 19.8 Å². The Morgan fingerprint density at radius 1 is 1.32 bits per heavy atom. The lowest BCUT2D eigenvalue weighted by atomic mass is 9.84. The molecule has 9 heteroatoms. The van der Waals surface area contributed by atoms with Gasteiger partial charge in [-0.15, -0.1) is 11.3 Å². The molecule has 0 aliphatic carbocycles. The zero-order valence-electron chi connectivity index (χ0n) is 15.7. The van der Waals surface area contributed by atoms with Gasteiger partial charge in [0, 0.05) is 24.1 Å². The summed E-state index contributed by atoms with van der Waals surface area (Å²) >= 11 is 2.96. The van der Waals surface area contributed by atoms with Crippen molar-refractivity contribution in [3.63, 3.8) is 0 Å². The maximum Gasteiger partial charge on any atom is 0.230 e. The third kappa shape index (κ3) is 4.83. The van der Waals surface area contributed by atoms with Gasteiger partial charge in [-0.3, -0.25) is 9.59 Å². The SMILES string of the molecule is CC1(CC(=O)Nc2ccc3nc(SCC(=O)NC4CCOC4)sc3c2)COC1. The molecule has 4 rings (SSSR count). The van der Waals surface area contributed by atoms with E-state index in [1.165, 1.54) is 23.1 Å². The molecule has 0 bridgehead atoms. The Kier molecular flexibility index (Phi) is 5.86. The average Bonchev–Trinajstić information content (AvgIpc) is 3.27. The van der Waals surface area contributed by atoms with Crippen LogP contribution in [0.3, 0.4) is 0 Å². The molecule has 2 saturated heterocycles. The standard InChI is InChI=1S/C19H23N3O4S2/c1-19(10-26-11-19)7-16(23)20-12-2-3-14-15(6-12)28-18(22-14)27-9-17(24)21-13-4-5-25-8-13/h2-3,6,13H,4-5,7-11H2,1H3,(H,20,23)(H,21,24). The number of nitrogens with zero attached hydrogens (tertiary/aromatic N) is 1. The molecule has 1 atom stereocenters. The van der Waals surface area contributed by atoms with Crippen LogP contribution in [0.5, 0.6) is 0 Å². The zero-order chi connectivity index (χ0) is 19.6. The highest BCUT2D eigenvalue weighted by Crippen LogP contribution is 2.33. The van der Waals surface area contributed by atoms with Gasteiger partial charge in [0.25, 0.3) is 0 Å². The molecule has 1 aromatic heterocycles. The van der Waals surface area contributed by atoms with Crippen LogP contribution in [0.2, 0.25) is 0 Å². The molecular formula is C19H23N3O4S2. The first-order valence-electron chi connectivity index (χ1n) is 9.27. The normalized spacial score (nSPS) is 20.7. The maximum atomic E-state index is 12.2. The lowest BCUT2D eigenvalue weighted by molar-refractivity contribution is -0.134. The molecule has 2 fully saturated rings. The molecule has 1 aromatic carbocycles.